The van der Waals surface area contributed by atoms with Crippen LogP contribution in [0, 0.1) is 0 Å². The molecule has 0 amide bonds. The minimum Gasteiger partial charge on any atom is -0.495 e. The molecule has 0 aliphatic heterocycles. The molecule has 0 spiro atoms. The zero-order chi connectivity index (χ0) is 13.1. The van der Waals surface area contributed by atoms with Crippen molar-refractivity contribution in [2.75, 3.05) is 20.0 Å². The summed E-state index contributed by atoms with van der Waals surface area (Å²) >= 11 is 3.44. The summed E-state index contributed by atoms with van der Waals surface area (Å²) in [7, 11) is 3.19. The lowest BCUT2D eigenvalue weighted by molar-refractivity contribution is 0.390. The molecule has 0 saturated carbocycles. The fraction of sp³-hybridized carbons (Fsp3) is 0.167. The van der Waals surface area contributed by atoms with Crippen molar-refractivity contribution in [1.29, 1.82) is 0 Å². The Morgan fingerprint density at radius 1 is 1.17 bits per heavy atom. The van der Waals surface area contributed by atoms with Crippen molar-refractivity contribution in [3.8, 4) is 22.8 Å². The molecule has 1 aromatic carbocycles. The van der Waals surface area contributed by atoms with E-state index in [1.54, 1.807) is 26.5 Å². The van der Waals surface area contributed by atoms with Gasteiger partial charge in [-0.05, 0) is 34.1 Å². The summed E-state index contributed by atoms with van der Waals surface area (Å²) in [5.74, 6) is 1.56. The molecular formula is C12H12BrN3O2. The molecule has 0 atom stereocenters. The van der Waals surface area contributed by atoms with Crippen LogP contribution in [-0.4, -0.2) is 24.2 Å². The summed E-state index contributed by atoms with van der Waals surface area (Å²) in [5.41, 5.74) is 7.10. The molecule has 0 unspecified atom stereocenters. The molecule has 2 rings (SSSR count). The highest BCUT2D eigenvalue weighted by Gasteiger charge is 2.15. The largest absolute Gasteiger partial charge is 0.495 e. The molecule has 6 heteroatoms. The van der Waals surface area contributed by atoms with E-state index in [0.717, 1.165) is 10.0 Å². The summed E-state index contributed by atoms with van der Waals surface area (Å²) in [6.45, 7) is 0. The van der Waals surface area contributed by atoms with Crippen LogP contribution < -0.4 is 15.2 Å². The fourth-order valence-electron chi connectivity index (χ4n) is 1.62. The highest BCUT2D eigenvalue weighted by atomic mass is 79.9. The van der Waals surface area contributed by atoms with Crippen molar-refractivity contribution in [1.82, 2.24) is 9.97 Å². The van der Waals surface area contributed by atoms with Gasteiger partial charge < -0.3 is 15.2 Å². The van der Waals surface area contributed by atoms with Gasteiger partial charge in [0.1, 0.15) is 16.0 Å². The standard InChI is InChI=1S/C12H12BrN3O2/c1-17-9-4-3-7(11(18-2)10(9)13)8-5-6-15-12(14)16-8/h3-6H,1-2H3,(H2,14,15,16). The monoisotopic (exact) mass is 309 g/mol. The number of nitrogens with two attached hydrogens (primary N) is 1. The first-order valence-electron chi connectivity index (χ1n) is 5.16. The molecule has 2 N–H and O–H groups in total. The molecule has 0 fully saturated rings. The van der Waals surface area contributed by atoms with Crippen molar-refractivity contribution in [2.24, 2.45) is 0 Å². The number of nitrogen functional groups attached to an aromatic ring is 1. The highest BCUT2D eigenvalue weighted by molar-refractivity contribution is 9.10. The van der Waals surface area contributed by atoms with Gasteiger partial charge in [0, 0.05) is 11.8 Å². The van der Waals surface area contributed by atoms with Crippen LogP contribution in [0.5, 0.6) is 11.5 Å². The molecule has 0 aliphatic rings. The van der Waals surface area contributed by atoms with E-state index in [1.807, 2.05) is 12.1 Å². The van der Waals surface area contributed by atoms with Gasteiger partial charge in [-0.1, -0.05) is 0 Å². The summed E-state index contributed by atoms with van der Waals surface area (Å²) < 4.78 is 11.3. The average Bonchev–Trinajstić information content (AvgIpc) is 2.38. The normalized spacial score (nSPS) is 10.2. The maximum Gasteiger partial charge on any atom is 0.220 e. The van der Waals surface area contributed by atoms with Gasteiger partial charge >= 0.3 is 0 Å². The number of anilines is 1. The van der Waals surface area contributed by atoms with Crippen molar-refractivity contribution >= 4 is 21.9 Å². The van der Waals surface area contributed by atoms with Gasteiger partial charge in [-0.15, -0.1) is 0 Å². The SMILES string of the molecule is COc1ccc(-c2ccnc(N)n2)c(OC)c1Br. The molecule has 1 aromatic heterocycles. The fourth-order valence-corrected chi connectivity index (χ4v) is 2.29. The number of ether oxygens (including phenoxy) is 2. The molecule has 2 aromatic rings. The molecule has 5 nitrogen and oxygen atoms in total. The van der Waals surface area contributed by atoms with Crippen molar-refractivity contribution < 1.29 is 9.47 Å². The number of hydrogen-bond donors (Lipinski definition) is 1. The Labute approximate surface area is 113 Å². The average molecular weight is 310 g/mol. The summed E-state index contributed by atoms with van der Waals surface area (Å²) in [6.07, 6.45) is 1.61. The maximum atomic E-state index is 5.58. The van der Waals surface area contributed by atoms with Gasteiger partial charge in [-0.25, -0.2) is 9.97 Å². The lowest BCUT2D eigenvalue weighted by atomic mass is 10.1. The quantitative estimate of drug-likeness (QED) is 0.943. The Kier molecular flexibility index (Phi) is 3.66. The van der Waals surface area contributed by atoms with E-state index >= 15 is 0 Å². The predicted octanol–water partition coefficient (Wildman–Crippen LogP) is 2.51. The third-order valence-electron chi connectivity index (χ3n) is 2.44. The Morgan fingerprint density at radius 2 is 1.94 bits per heavy atom. The van der Waals surface area contributed by atoms with Gasteiger partial charge in [0.15, 0.2) is 0 Å². The Hall–Kier alpha value is -1.82. The van der Waals surface area contributed by atoms with Crippen molar-refractivity contribution in [2.45, 2.75) is 0 Å². The first-order valence-corrected chi connectivity index (χ1v) is 5.96. The third kappa shape index (κ3) is 2.24. The molecule has 0 bridgehead atoms. The van der Waals surface area contributed by atoms with Crippen LogP contribution in [0.15, 0.2) is 28.9 Å². The van der Waals surface area contributed by atoms with Crippen LogP contribution in [0.1, 0.15) is 0 Å². The van der Waals surface area contributed by atoms with Gasteiger partial charge in [0.2, 0.25) is 5.95 Å². The van der Waals surface area contributed by atoms with Crippen LogP contribution in [0.2, 0.25) is 0 Å². The number of methoxy groups -OCH3 is 2. The van der Waals surface area contributed by atoms with Gasteiger partial charge in [0.25, 0.3) is 0 Å². The van der Waals surface area contributed by atoms with E-state index in [1.165, 1.54) is 0 Å². The summed E-state index contributed by atoms with van der Waals surface area (Å²) in [6, 6.07) is 5.47. The Morgan fingerprint density at radius 3 is 2.56 bits per heavy atom. The van der Waals surface area contributed by atoms with Crippen LogP contribution in [0.4, 0.5) is 5.95 Å². The van der Waals surface area contributed by atoms with Crippen LogP contribution in [-0.2, 0) is 0 Å². The molecule has 0 saturated heterocycles. The Balaban J connectivity index is 2.61. The molecule has 94 valence electrons. The molecule has 1 heterocycles. The highest BCUT2D eigenvalue weighted by Crippen LogP contribution is 2.41. The minimum atomic E-state index is 0.224. The number of aromatic nitrogens is 2. The zero-order valence-corrected chi connectivity index (χ0v) is 11.6. The van der Waals surface area contributed by atoms with E-state index in [4.69, 9.17) is 15.2 Å². The molecule has 0 radical (unpaired) electrons. The second kappa shape index (κ2) is 5.22. The maximum absolute atomic E-state index is 5.58. The second-order valence-electron chi connectivity index (χ2n) is 3.46. The van der Waals surface area contributed by atoms with Crippen LogP contribution >= 0.6 is 15.9 Å². The van der Waals surface area contributed by atoms with E-state index in [2.05, 4.69) is 25.9 Å². The number of nitrogens with zero attached hydrogens (tertiary/aromatic N) is 2. The van der Waals surface area contributed by atoms with Gasteiger partial charge in [-0.2, -0.15) is 0 Å². The van der Waals surface area contributed by atoms with Gasteiger partial charge in [-0.3, -0.25) is 0 Å². The zero-order valence-electron chi connectivity index (χ0n) is 9.98. The van der Waals surface area contributed by atoms with Crippen LogP contribution in [0.3, 0.4) is 0 Å². The molecule has 18 heavy (non-hydrogen) atoms. The van der Waals surface area contributed by atoms with E-state index < -0.39 is 0 Å². The van der Waals surface area contributed by atoms with Crippen LogP contribution in [0.25, 0.3) is 11.3 Å². The second-order valence-corrected chi connectivity index (χ2v) is 4.26. The first kappa shape index (κ1) is 12.6. The third-order valence-corrected chi connectivity index (χ3v) is 3.19. The minimum absolute atomic E-state index is 0.224. The summed E-state index contributed by atoms with van der Waals surface area (Å²) in [4.78, 5) is 8.04. The van der Waals surface area contributed by atoms with E-state index in [9.17, 15) is 0 Å². The summed E-state index contributed by atoms with van der Waals surface area (Å²) in [5, 5.41) is 0. The van der Waals surface area contributed by atoms with Crippen molar-refractivity contribution in [3.63, 3.8) is 0 Å². The lowest BCUT2D eigenvalue weighted by Gasteiger charge is -2.13. The van der Waals surface area contributed by atoms with Crippen molar-refractivity contribution in [3.05, 3.63) is 28.9 Å². The van der Waals surface area contributed by atoms with E-state index in [0.29, 0.717) is 17.2 Å². The van der Waals surface area contributed by atoms with E-state index in [-0.39, 0.29) is 5.95 Å². The molecular weight excluding hydrogens is 298 g/mol. The smallest absolute Gasteiger partial charge is 0.220 e. The first-order chi connectivity index (χ1) is 8.67. The number of rotatable bonds is 3. The predicted molar refractivity (Wildman–Crippen MR) is 72.7 cm³/mol. The topological polar surface area (TPSA) is 70.3 Å². The molecule has 0 aliphatic carbocycles. The lowest BCUT2D eigenvalue weighted by Crippen LogP contribution is -1.98. The number of halogens is 1. The van der Waals surface area contributed by atoms with Gasteiger partial charge in [0.05, 0.1) is 19.9 Å². The Bertz CT molecular complexity index is 575. The number of hydrogen-bond acceptors (Lipinski definition) is 5. The number of benzene rings is 1.